The molecule has 4 rings (SSSR count). The Labute approximate surface area is 214 Å². The first-order valence-corrected chi connectivity index (χ1v) is 13.5. The Morgan fingerprint density at radius 2 is 1.62 bits per heavy atom. The average molecular weight is 538 g/mol. The van der Waals surface area contributed by atoms with Gasteiger partial charge in [-0.25, -0.2) is 13.4 Å². The number of carbonyl (C=O) groups is 1. The van der Waals surface area contributed by atoms with Crippen LogP contribution < -0.4 is 4.74 Å². The Morgan fingerprint density at radius 1 is 1.03 bits per heavy atom. The molecule has 1 amide bonds. The molecule has 11 heteroatoms. The number of fused-ring (bicyclic) bond motifs is 1. The summed E-state index contributed by atoms with van der Waals surface area (Å²) in [5, 5.41) is 0. The minimum Gasteiger partial charge on any atom is -0.406 e. The molecule has 3 aromatic rings. The predicted octanol–water partition coefficient (Wildman–Crippen LogP) is 5.32. The molecular weight excluding hydrogens is 507 g/mol. The van der Waals surface area contributed by atoms with E-state index in [-0.39, 0.29) is 21.1 Å². The van der Waals surface area contributed by atoms with Crippen LogP contribution in [-0.4, -0.2) is 48.2 Å². The van der Waals surface area contributed by atoms with Crippen molar-refractivity contribution in [3.05, 3.63) is 48.3 Å². The van der Waals surface area contributed by atoms with E-state index in [9.17, 15) is 26.4 Å². The van der Waals surface area contributed by atoms with E-state index in [1.807, 2.05) is 25.7 Å². The van der Waals surface area contributed by atoms with Gasteiger partial charge in [0.1, 0.15) is 11.6 Å². The molecule has 1 aromatic heterocycles. The van der Waals surface area contributed by atoms with Gasteiger partial charge in [0.15, 0.2) is 0 Å². The molecule has 2 aromatic carbocycles. The second-order valence-electron chi connectivity index (χ2n) is 10.4. The van der Waals surface area contributed by atoms with Crippen LogP contribution in [-0.2, 0) is 26.6 Å². The van der Waals surface area contributed by atoms with Gasteiger partial charge in [0.2, 0.25) is 15.7 Å². The van der Waals surface area contributed by atoms with E-state index in [2.05, 4.69) is 9.30 Å². The normalized spacial score (nSPS) is 15.8. The fourth-order valence-corrected chi connectivity index (χ4v) is 5.96. The molecule has 0 atom stereocenters. The van der Waals surface area contributed by atoms with Crippen molar-refractivity contribution in [1.82, 2.24) is 14.5 Å². The average Bonchev–Trinajstić information content (AvgIpc) is 3.17. The lowest BCUT2D eigenvalue weighted by molar-refractivity contribution is -0.274. The first kappa shape index (κ1) is 27.0. The van der Waals surface area contributed by atoms with Crippen molar-refractivity contribution in [2.24, 2.45) is 5.92 Å². The number of alkyl halides is 3. The number of imidazole rings is 1. The summed E-state index contributed by atoms with van der Waals surface area (Å²) in [5.74, 6) is 0.775. The number of benzene rings is 2. The minimum absolute atomic E-state index is 0.00404. The maximum atomic E-state index is 13.2. The summed E-state index contributed by atoms with van der Waals surface area (Å²) < 4.78 is 69.8. The summed E-state index contributed by atoms with van der Waals surface area (Å²) in [6.07, 6.45) is -3.11. The quantitative estimate of drug-likeness (QED) is 0.440. The van der Waals surface area contributed by atoms with E-state index in [0.717, 1.165) is 48.4 Å². The van der Waals surface area contributed by atoms with Crippen LogP contribution in [0.3, 0.4) is 0 Å². The molecule has 37 heavy (non-hydrogen) atoms. The molecule has 0 bridgehead atoms. The van der Waals surface area contributed by atoms with Gasteiger partial charge in [-0.3, -0.25) is 4.79 Å². The van der Waals surface area contributed by atoms with Crippen LogP contribution in [0.4, 0.5) is 13.2 Å². The van der Waals surface area contributed by atoms with Gasteiger partial charge in [0, 0.05) is 32.0 Å². The molecule has 1 saturated heterocycles. The van der Waals surface area contributed by atoms with Crippen molar-refractivity contribution in [3.63, 3.8) is 0 Å². The zero-order chi connectivity index (χ0) is 27.2. The standard InChI is InChI=1S/C26H30F3N3O4S/c1-17(33)31-13-11-18(12-14-31)16-32-23-10-9-21(15-22(23)30-24(32)25(2,3)4)37(34,35)20-7-5-19(6-8-20)36-26(27,28)29/h5-10,15,18H,11-14,16H2,1-4H3. The third-order valence-corrected chi connectivity index (χ3v) is 8.34. The number of piperidine rings is 1. The van der Waals surface area contributed by atoms with Crippen molar-refractivity contribution < 1.29 is 31.1 Å². The number of carbonyl (C=O) groups excluding carboxylic acids is 1. The van der Waals surface area contributed by atoms with Gasteiger partial charge in [0.25, 0.3) is 0 Å². The van der Waals surface area contributed by atoms with E-state index >= 15 is 0 Å². The van der Waals surface area contributed by atoms with Gasteiger partial charge in [-0.2, -0.15) is 0 Å². The highest BCUT2D eigenvalue weighted by Gasteiger charge is 2.31. The minimum atomic E-state index is -4.86. The summed E-state index contributed by atoms with van der Waals surface area (Å²) in [5.41, 5.74) is 1.04. The maximum absolute atomic E-state index is 13.2. The first-order valence-electron chi connectivity index (χ1n) is 12.0. The van der Waals surface area contributed by atoms with Gasteiger partial charge in [-0.05, 0) is 61.2 Å². The van der Waals surface area contributed by atoms with Gasteiger partial charge in [0.05, 0.1) is 20.8 Å². The number of hydrogen-bond acceptors (Lipinski definition) is 5. The third-order valence-electron chi connectivity index (χ3n) is 6.57. The molecule has 0 unspecified atom stereocenters. The Balaban J connectivity index is 1.65. The molecule has 1 aliphatic heterocycles. The Hall–Kier alpha value is -3.08. The molecule has 0 aliphatic carbocycles. The van der Waals surface area contributed by atoms with Crippen LogP contribution in [0.5, 0.6) is 5.75 Å². The van der Waals surface area contributed by atoms with Crippen molar-refractivity contribution in [2.75, 3.05) is 13.1 Å². The lowest BCUT2D eigenvalue weighted by atomic mass is 9.93. The second-order valence-corrected chi connectivity index (χ2v) is 12.4. The van der Waals surface area contributed by atoms with Crippen molar-refractivity contribution in [1.29, 1.82) is 0 Å². The topological polar surface area (TPSA) is 81.5 Å². The SMILES string of the molecule is CC(=O)N1CCC(Cn2c(C(C)(C)C)nc3cc(S(=O)(=O)c4ccc(OC(F)(F)F)cc4)ccc32)CC1. The number of aromatic nitrogens is 2. The smallest absolute Gasteiger partial charge is 0.406 e. The fraction of sp³-hybridized carbons (Fsp3) is 0.462. The summed E-state index contributed by atoms with van der Waals surface area (Å²) in [7, 11) is -3.99. The van der Waals surface area contributed by atoms with Crippen LogP contribution in [0, 0.1) is 5.92 Å². The Kier molecular flexibility index (Phi) is 7.04. The van der Waals surface area contributed by atoms with Crippen molar-refractivity contribution in [2.45, 2.75) is 68.6 Å². The van der Waals surface area contributed by atoms with E-state index in [4.69, 9.17) is 4.98 Å². The molecule has 2 heterocycles. The number of rotatable bonds is 5. The zero-order valence-corrected chi connectivity index (χ0v) is 22.0. The highest BCUT2D eigenvalue weighted by molar-refractivity contribution is 7.91. The lowest BCUT2D eigenvalue weighted by Gasteiger charge is -2.32. The number of sulfone groups is 1. The molecule has 1 fully saturated rings. The predicted molar refractivity (Wildman–Crippen MR) is 132 cm³/mol. The second kappa shape index (κ2) is 9.66. The fourth-order valence-electron chi connectivity index (χ4n) is 4.68. The molecule has 200 valence electrons. The Bertz CT molecular complexity index is 1400. The third kappa shape index (κ3) is 5.92. The number of nitrogens with zero attached hydrogens (tertiary/aromatic N) is 3. The van der Waals surface area contributed by atoms with E-state index in [1.165, 1.54) is 12.1 Å². The zero-order valence-electron chi connectivity index (χ0n) is 21.2. The van der Waals surface area contributed by atoms with E-state index in [0.29, 0.717) is 31.1 Å². The highest BCUT2D eigenvalue weighted by Crippen LogP contribution is 2.32. The van der Waals surface area contributed by atoms with Gasteiger partial charge >= 0.3 is 6.36 Å². The number of amides is 1. The Morgan fingerprint density at radius 3 is 2.16 bits per heavy atom. The first-order chi connectivity index (χ1) is 17.1. The number of halogens is 3. The summed E-state index contributed by atoms with van der Waals surface area (Å²) in [6.45, 7) is 9.86. The number of hydrogen-bond donors (Lipinski definition) is 0. The summed E-state index contributed by atoms with van der Waals surface area (Å²) in [6, 6.07) is 8.87. The molecule has 0 radical (unpaired) electrons. The molecule has 0 N–H and O–H groups in total. The molecule has 0 spiro atoms. The molecule has 1 aliphatic rings. The van der Waals surface area contributed by atoms with Crippen LogP contribution in [0.15, 0.2) is 52.3 Å². The van der Waals surface area contributed by atoms with Crippen LogP contribution in [0.25, 0.3) is 11.0 Å². The van der Waals surface area contributed by atoms with Gasteiger partial charge in [-0.1, -0.05) is 20.8 Å². The molecular formula is C26H30F3N3O4S. The van der Waals surface area contributed by atoms with E-state index < -0.39 is 21.9 Å². The van der Waals surface area contributed by atoms with Crippen LogP contribution >= 0.6 is 0 Å². The summed E-state index contributed by atoms with van der Waals surface area (Å²) in [4.78, 5) is 18.2. The molecule has 0 saturated carbocycles. The summed E-state index contributed by atoms with van der Waals surface area (Å²) >= 11 is 0. The monoisotopic (exact) mass is 537 g/mol. The number of ether oxygens (including phenoxy) is 1. The van der Waals surface area contributed by atoms with Gasteiger partial charge < -0.3 is 14.2 Å². The largest absolute Gasteiger partial charge is 0.573 e. The lowest BCUT2D eigenvalue weighted by Crippen LogP contribution is -2.38. The van der Waals surface area contributed by atoms with E-state index in [1.54, 1.807) is 13.0 Å². The highest BCUT2D eigenvalue weighted by atomic mass is 32.2. The van der Waals surface area contributed by atoms with Gasteiger partial charge in [-0.15, -0.1) is 13.2 Å². The number of likely N-dealkylation sites (tertiary alicyclic amines) is 1. The maximum Gasteiger partial charge on any atom is 0.573 e. The van der Waals surface area contributed by atoms with Crippen molar-refractivity contribution >= 4 is 26.8 Å². The van der Waals surface area contributed by atoms with Crippen LogP contribution in [0.2, 0.25) is 0 Å². The van der Waals surface area contributed by atoms with Crippen LogP contribution in [0.1, 0.15) is 46.4 Å². The molecule has 7 nitrogen and oxygen atoms in total. The van der Waals surface area contributed by atoms with Crippen molar-refractivity contribution in [3.8, 4) is 5.75 Å².